The molecule has 0 aliphatic carbocycles. The molecule has 0 saturated carbocycles. The first-order valence-electron chi connectivity index (χ1n) is 8.43. The molecule has 0 spiro atoms. The number of thiophene rings is 1. The second-order valence-corrected chi connectivity index (χ2v) is 7.26. The molecule has 0 unspecified atom stereocenters. The normalized spacial score (nSPS) is 14.1. The smallest absolute Gasteiger partial charge is 0.343 e. The summed E-state index contributed by atoms with van der Waals surface area (Å²) < 4.78 is 11.3. The van der Waals surface area contributed by atoms with Gasteiger partial charge in [0.1, 0.15) is 11.5 Å². The van der Waals surface area contributed by atoms with Crippen molar-refractivity contribution in [2.24, 2.45) is 0 Å². The van der Waals surface area contributed by atoms with Gasteiger partial charge in [0.25, 0.3) is 0 Å². The summed E-state index contributed by atoms with van der Waals surface area (Å²) in [5.74, 6) is 0.485. The summed E-state index contributed by atoms with van der Waals surface area (Å²) in [5.41, 5.74) is 2.56. The summed E-state index contributed by atoms with van der Waals surface area (Å²) in [6, 6.07) is 14.3. The molecule has 0 bridgehead atoms. The molecule has 1 aliphatic rings. The molecule has 5 heteroatoms. The van der Waals surface area contributed by atoms with Gasteiger partial charge in [-0.2, -0.15) is 0 Å². The van der Waals surface area contributed by atoms with Crippen molar-refractivity contribution in [2.45, 2.75) is 13.8 Å². The Morgan fingerprint density at radius 1 is 1.11 bits per heavy atom. The third kappa shape index (κ3) is 3.29. The Kier molecular flexibility index (Phi) is 4.38. The average molecular weight is 376 g/mol. The molecule has 0 N–H and O–H groups in total. The highest BCUT2D eigenvalue weighted by Gasteiger charge is 2.30. The number of ether oxygens (including phenoxy) is 2. The minimum Gasteiger partial charge on any atom is -0.452 e. The number of ketones is 1. The number of hydrogen-bond acceptors (Lipinski definition) is 5. The van der Waals surface area contributed by atoms with E-state index < -0.39 is 5.97 Å². The van der Waals surface area contributed by atoms with E-state index in [1.165, 1.54) is 11.3 Å². The Balaban J connectivity index is 1.62. The SMILES string of the molecule is Cc1cccc(C(=O)Oc2ccc3c(c2C)O/C(=C\c2cccs2)C3=O)c1. The molecule has 0 radical (unpaired) electrons. The fourth-order valence-corrected chi connectivity index (χ4v) is 3.56. The molecule has 3 aromatic rings. The van der Waals surface area contributed by atoms with E-state index in [1.54, 1.807) is 37.3 Å². The maximum atomic E-state index is 12.6. The molecule has 0 fully saturated rings. The first kappa shape index (κ1) is 17.2. The number of fused-ring (bicyclic) bond motifs is 1. The fraction of sp³-hybridized carbons (Fsp3) is 0.0909. The van der Waals surface area contributed by atoms with Crippen LogP contribution in [0.4, 0.5) is 0 Å². The van der Waals surface area contributed by atoms with E-state index in [2.05, 4.69) is 0 Å². The zero-order valence-corrected chi connectivity index (χ0v) is 15.6. The highest BCUT2D eigenvalue weighted by atomic mass is 32.1. The predicted octanol–water partition coefficient (Wildman–Crippen LogP) is 5.20. The number of carbonyl (C=O) groups is 2. The summed E-state index contributed by atoms with van der Waals surface area (Å²) in [6.45, 7) is 3.69. The summed E-state index contributed by atoms with van der Waals surface area (Å²) in [6.07, 6.45) is 1.73. The van der Waals surface area contributed by atoms with Gasteiger partial charge < -0.3 is 9.47 Å². The number of aryl methyl sites for hydroxylation is 1. The molecule has 2 aromatic carbocycles. The highest BCUT2D eigenvalue weighted by molar-refractivity contribution is 7.10. The van der Waals surface area contributed by atoms with Crippen molar-refractivity contribution in [1.82, 2.24) is 0 Å². The van der Waals surface area contributed by atoms with E-state index in [9.17, 15) is 9.59 Å². The van der Waals surface area contributed by atoms with Gasteiger partial charge in [0.05, 0.1) is 11.1 Å². The number of Topliss-reactive ketones (excluding diaryl/α,β-unsaturated/α-hetero) is 1. The lowest BCUT2D eigenvalue weighted by molar-refractivity contribution is 0.0733. The van der Waals surface area contributed by atoms with Gasteiger partial charge in [0, 0.05) is 16.5 Å². The van der Waals surface area contributed by atoms with Crippen LogP contribution in [0.15, 0.2) is 59.7 Å². The molecule has 1 aromatic heterocycles. The maximum Gasteiger partial charge on any atom is 0.343 e. The molecule has 27 heavy (non-hydrogen) atoms. The van der Waals surface area contributed by atoms with Crippen molar-refractivity contribution in [2.75, 3.05) is 0 Å². The Labute approximate surface area is 160 Å². The quantitative estimate of drug-likeness (QED) is 0.358. The van der Waals surface area contributed by atoms with Crippen molar-refractivity contribution in [3.8, 4) is 11.5 Å². The summed E-state index contributed by atoms with van der Waals surface area (Å²) >= 11 is 1.53. The summed E-state index contributed by atoms with van der Waals surface area (Å²) in [4.78, 5) is 25.9. The van der Waals surface area contributed by atoms with Crippen LogP contribution in [0.5, 0.6) is 11.5 Å². The first-order valence-corrected chi connectivity index (χ1v) is 9.31. The Morgan fingerprint density at radius 2 is 1.96 bits per heavy atom. The number of benzene rings is 2. The average Bonchev–Trinajstić information content (AvgIpc) is 3.27. The van der Waals surface area contributed by atoms with Crippen LogP contribution >= 0.6 is 11.3 Å². The minimum absolute atomic E-state index is 0.168. The molecule has 0 amide bonds. The molecule has 0 saturated heterocycles. The lowest BCUT2D eigenvalue weighted by atomic mass is 10.1. The van der Waals surface area contributed by atoms with Crippen LogP contribution in [0.2, 0.25) is 0 Å². The van der Waals surface area contributed by atoms with Crippen LogP contribution in [0, 0.1) is 13.8 Å². The van der Waals surface area contributed by atoms with Crippen molar-refractivity contribution in [1.29, 1.82) is 0 Å². The Bertz CT molecular complexity index is 1080. The van der Waals surface area contributed by atoms with Crippen LogP contribution < -0.4 is 9.47 Å². The van der Waals surface area contributed by atoms with Crippen LogP contribution in [0.25, 0.3) is 6.08 Å². The van der Waals surface area contributed by atoms with Crippen molar-refractivity contribution >= 4 is 29.2 Å². The number of carbonyl (C=O) groups excluding carboxylic acids is 2. The monoisotopic (exact) mass is 376 g/mol. The Hall–Kier alpha value is -3.18. The summed E-state index contributed by atoms with van der Waals surface area (Å²) in [5, 5.41) is 1.94. The van der Waals surface area contributed by atoms with E-state index >= 15 is 0 Å². The molecule has 2 heterocycles. The summed E-state index contributed by atoms with van der Waals surface area (Å²) in [7, 11) is 0. The van der Waals surface area contributed by atoms with E-state index in [4.69, 9.17) is 9.47 Å². The van der Waals surface area contributed by atoms with Crippen molar-refractivity contribution in [3.05, 3.63) is 86.8 Å². The number of allylic oxidation sites excluding steroid dienone is 1. The van der Waals surface area contributed by atoms with E-state index in [0.717, 1.165) is 10.4 Å². The van der Waals surface area contributed by atoms with E-state index in [1.807, 2.05) is 36.6 Å². The molecular formula is C22H16O4S. The Morgan fingerprint density at radius 3 is 2.70 bits per heavy atom. The van der Waals surface area contributed by atoms with Crippen molar-refractivity contribution in [3.63, 3.8) is 0 Å². The number of rotatable bonds is 3. The number of esters is 1. The van der Waals surface area contributed by atoms with Crippen molar-refractivity contribution < 1.29 is 19.1 Å². The van der Waals surface area contributed by atoms with Crippen LogP contribution in [0.1, 0.15) is 36.7 Å². The van der Waals surface area contributed by atoms with Crippen LogP contribution in [0.3, 0.4) is 0 Å². The second kappa shape index (κ2) is 6.85. The molecule has 134 valence electrons. The minimum atomic E-state index is -0.444. The first-order chi connectivity index (χ1) is 13.0. The van der Waals surface area contributed by atoms with Gasteiger partial charge in [0.2, 0.25) is 5.78 Å². The molecule has 1 aliphatic heterocycles. The van der Waals surface area contributed by atoms with Gasteiger partial charge in [-0.3, -0.25) is 4.79 Å². The number of hydrogen-bond donors (Lipinski definition) is 0. The molecule has 4 nitrogen and oxygen atoms in total. The van der Waals surface area contributed by atoms with Crippen LogP contribution in [-0.2, 0) is 0 Å². The zero-order valence-electron chi connectivity index (χ0n) is 14.8. The molecular weight excluding hydrogens is 360 g/mol. The maximum absolute atomic E-state index is 12.6. The van der Waals surface area contributed by atoms with Gasteiger partial charge in [0.15, 0.2) is 5.76 Å². The molecule has 0 atom stereocenters. The lowest BCUT2D eigenvalue weighted by Crippen LogP contribution is -2.09. The van der Waals surface area contributed by atoms with Gasteiger partial charge in [-0.25, -0.2) is 4.79 Å². The van der Waals surface area contributed by atoms with Gasteiger partial charge in [-0.15, -0.1) is 11.3 Å². The van der Waals surface area contributed by atoms with Gasteiger partial charge in [-0.1, -0.05) is 23.8 Å². The standard InChI is InChI=1S/C22H16O4S/c1-13-5-3-6-15(11-13)22(24)26-18-9-8-17-20(23)19(25-21(17)14(18)2)12-16-7-4-10-27-16/h3-12H,1-2H3/b19-12-. The van der Waals surface area contributed by atoms with Crippen LogP contribution in [-0.4, -0.2) is 11.8 Å². The van der Waals surface area contributed by atoms with Gasteiger partial charge in [-0.05, 0) is 49.6 Å². The fourth-order valence-electron chi connectivity index (χ4n) is 2.91. The largest absolute Gasteiger partial charge is 0.452 e. The molecule has 4 rings (SSSR count). The predicted molar refractivity (Wildman–Crippen MR) is 105 cm³/mol. The van der Waals surface area contributed by atoms with E-state index in [-0.39, 0.29) is 11.5 Å². The second-order valence-electron chi connectivity index (χ2n) is 6.28. The van der Waals surface area contributed by atoms with Gasteiger partial charge >= 0.3 is 5.97 Å². The third-order valence-electron chi connectivity index (χ3n) is 4.31. The zero-order chi connectivity index (χ0) is 19.0. The lowest BCUT2D eigenvalue weighted by Gasteiger charge is -2.10. The van der Waals surface area contributed by atoms with E-state index in [0.29, 0.717) is 28.2 Å². The highest BCUT2D eigenvalue weighted by Crippen LogP contribution is 2.39. The topological polar surface area (TPSA) is 52.6 Å². The third-order valence-corrected chi connectivity index (χ3v) is 5.13.